The maximum atomic E-state index is 15.1. The summed E-state index contributed by atoms with van der Waals surface area (Å²) in [6.45, 7) is 4.31. The van der Waals surface area contributed by atoms with Crippen LogP contribution in [0.15, 0.2) is 18.3 Å². The molecule has 4 rings (SSSR count). The third-order valence-electron chi connectivity index (χ3n) is 5.59. The number of hydrogen-bond donors (Lipinski definition) is 3. The quantitative estimate of drug-likeness (QED) is 0.444. The van der Waals surface area contributed by atoms with E-state index in [1.165, 1.54) is 13.1 Å². The fourth-order valence-electron chi connectivity index (χ4n) is 3.61. The van der Waals surface area contributed by atoms with Crippen LogP contribution in [0.4, 0.5) is 23.2 Å². The van der Waals surface area contributed by atoms with Crippen LogP contribution in [0.1, 0.15) is 42.1 Å². The zero-order chi connectivity index (χ0) is 25.0. The van der Waals surface area contributed by atoms with Crippen molar-refractivity contribution < 1.29 is 32.2 Å². The van der Waals surface area contributed by atoms with Crippen molar-refractivity contribution in [3.8, 4) is 17.0 Å². The van der Waals surface area contributed by atoms with Gasteiger partial charge in [-0.25, -0.2) is 9.37 Å². The Morgan fingerprint density at radius 3 is 2.71 bits per heavy atom. The number of fused-ring (bicyclic) bond motifs is 1. The van der Waals surface area contributed by atoms with Crippen LogP contribution in [-0.2, 0) is 12.1 Å². The van der Waals surface area contributed by atoms with Crippen LogP contribution in [0.3, 0.4) is 0 Å². The summed E-state index contributed by atoms with van der Waals surface area (Å²) in [5.41, 5.74) is -1.39. The van der Waals surface area contributed by atoms with Crippen LogP contribution >= 0.6 is 11.6 Å². The summed E-state index contributed by atoms with van der Waals surface area (Å²) in [7, 11) is 0. The molecule has 2 atom stereocenters. The van der Waals surface area contributed by atoms with Crippen LogP contribution in [-0.4, -0.2) is 43.0 Å². The number of hydrogen-bond acceptors (Lipinski definition) is 5. The van der Waals surface area contributed by atoms with Crippen molar-refractivity contribution in [1.82, 2.24) is 19.7 Å². The number of aromatic nitrogens is 4. The van der Waals surface area contributed by atoms with E-state index in [-0.39, 0.29) is 22.1 Å². The predicted octanol–water partition coefficient (Wildman–Crippen LogP) is 4.57. The van der Waals surface area contributed by atoms with Gasteiger partial charge in [0, 0.05) is 24.7 Å². The third-order valence-corrected chi connectivity index (χ3v) is 5.87. The van der Waals surface area contributed by atoms with Crippen LogP contribution in [0.5, 0.6) is 5.75 Å². The van der Waals surface area contributed by atoms with E-state index >= 15 is 4.39 Å². The number of imidazole rings is 1. The first-order valence-electron chi connectivity index (χ1n) is 10.2. The fourth-order valence-corrected chi connectivity index (χ4v) is 3.83. The average molecular weight is 502 g/mol. The van der Waals surface area contributed by atoms with Crippen LogP contribution in [0, 0.1) is 12.7 Å². The minimum atomic E-state index is -4.74. The molecule has 1 amide bonds. The number of halogens is 5. The minimum Gasteiger partial charge on any atom is -0.480 e. The van der Waals surface area contributed by atoms with E-state index in [0.717, 1.165) is 19.1 Å². The number of aromatic amines is 1. The molecule has 1 aromatic carbocycles. The lowest BCUT2D eigenvalue weighted by Crippen LogP contribution is -2.32. The summed E-state index contributed by atoms with van der Waals surface area (Å²) in [5.74, 6) is -2.06. The van der Waals surface area contributed by atoms with Gasteiger partial charge in [-0.2, -0.15) is 18.3 Å². The van der Waals surface area contributed by atoms with Crippen molar-refractivity contribution in [2.45, 2.75) is 51.6 Å². The molecule has 0 bridgehead atoms. The van der Waals surface area contributed by atoms with Crippen LogP contribution < -0.4 is 10.1 Å². The normalized spacial score (nSPS) is 18.6. The molecule has 8 nitrogen and oxygen atoms in total. The van der Waals surface area contributed by atoms with Gasteiger partial charge in [-0.05, 0) is 32.9 Å². The van der Waals surface area contributed by atoms with Crippen molar-refractivity contribution >= 4 is 23.2 Å². The minimum absolute atomic E-state index is 0.00588. The highest BCUT2D eigenvalue weighted by atomic mass is 35.5. The summed E-state index contributed by atoms with van der Waals surface area (Å²) in [6.07, 6.45) is -5.11. The van der Waals surface area contributed by atoms with Gasteiger partial charge in [-0.1, -0.05) is 11.6 Å². The molecule has 0 fully saturated rings. The number of ether oxygens (including phenoxy) is 1. The number of benzene rings is 1. The molecule has 1 aliphatic rings. The van der Waals surface area contributed by atoms with E-state index in [4.69, 9.17) is 16.3 Å². The van der Waals surface area contributed by atoms with Crippen LogP contribution in [0.2, 0.25) is 5.15 Å². The number of alkyl halides is 3. The second kappa shape index (κ2) is 8.27. The number of carbonyl (C=O) groups is 1. The topological polar surface area (TPSA) is 105 Å². The van der Waals surface area contributed by atoms with Crippen molar-refractivity contribution in [1.29, 1.82) is 0 Å². The van der Waals surface area contributed by atoms with Gasteiger partial charge in [0.25, 0.3) is 5.91 Å². The average Bonchev–Trinajstić information content (AvgIpc) is 3.39. The molecule has 0 aliphatic carbocycles. The number of nitrogens with zero attached hydrogens (tertiary/aromatic N) is 3. The summed E-state index contributed by atoms with van der Waals surface area (Å²) >= 11 is 5.94. The summed E-state index contributed by atoms with van der Waals surface area (Å²) in [4.78, 5) is 17.1. The molecule has 13 heteroatoms. The monoisotopic (exact) mass is 501 g/mol. The maximum Gasteiger partial charge on any atom is 0.425 e. The van der Waals surface area contributed by atoms with Crippen molar-refractivity contribution in [3.05, 3.63) is 46.4 Å². The lowest BCUT2D eigenvalue weighted by molar-refractivity contribution is -0.189. The number of aryl methyl sites for hydroxylation is 2. The highest BCUT2D eigenvalue weighted by molar-refractivity contribution is 6.33. The van der Waals surface area contributed by atoms with E-state index in [0.29, 0.717) is 24.5 Å². The second-order valence-corrected chi connectivity index (χ2v) is 8.63. The number of nitrogens with one attached hydrogen (secondary N) is 2. The number of rotatable bonds is 5. The van der Waals surface area contributed by atoms with Gasteiger partial charge < -0.3 is 19.7 Å². The molecular formula is C21H20ClF4N5O3. The number of amides is 1. The molecule has 34 heavy (non-hydrogen) atoms. The van der Waals surface area contributed by atoms with Gasteiger partial charge in [-0.15, -0.1) is 0 Å². The van der Waals surface area contributed by atoms with E-state index < -0.39 is 40.9 Å². The van der Waals surface area contributed by atoms with E-state index in [9.17, 15) is 23.1 Å². The number of anilines is 1. The van der Waals surface area contributed by atoms with Gasteiger partial charge >= 0.3 is 6.18 Å². The third kappa shape index (κ3) is 4.34. The molecule has 1 aliphatic heterocycles. The van der Waals surface area contributed by atoms with Gasteiger partial charge in [0.2, 0.25) is 0 Å². The molecule has 0 unspecified atom stereocenters. The number of carbonyl (C=O) groups excluding carboxylic acids is 1. The van der Waals surface area contributed by atoms with E-state index in [1.807, 2.05) is 0 Å². The smallest absolute Gasteiger partial charge is 0.425 e. The molecule has 3 aromatic rings. The Labute approximate surface area is 195 Å². The Bertz CT molecular complexity index is 1250. The lowest BCUT2D eigenvalue weighted by Gasteiger charge is -2.20. The molecule has 2 aromatic heterocycles. The standard InChI is InChI=1S/C21H20ClF4N5O3/c1-9-16(17(22)30-29-9)28-18(32)12-6-13(23)11(7-15(12)34-10(2)21(24,25)26)14-8-31-5-4-20(3,33)19(31)27-14/h6-8,10,33H,4-5H2,1-3H3,(H,28,32)(H,29,30)/t10-,20-/m0/s1. The first kappa shape index (κ1) is 24.0. The van der Waals surface area contributed by atoms with Crippen LogP contribution in [0.25, 0.3) is 11.3 Å². The van der Waals surface area contributed by atoms with Gasteiger partial charge in [-0.3, -0.25) is 9.89 Å². The molecule has 0 radical (unpaired) electrons. The summed E-state index contributed by atoms with van der Waals surface area (Å²) in [5, 5.41) is 19.1. The molecule has 3 heterocycles. The number of aliphatic hydroxyl groups is 1. The molecular weight excluding hydrogens is 482 g/mol. The Balaban J connectivity index is 1.77. The molecule has 0 saturated carbocycles. The lowest BCUT2D eigenvalue weighted by atomic mass is 10.0. The highest BCUT2D eigenvalue weighted by Gasteiger charge is 2.39. The van der Waals surface area contributed by atoms with Gasteiger partial charge in [0.15, 0.2) is 6.10 Å². The largest absolute Gasteiger partial charge is 0.480 e. The zero-order valence-corrected chi connectivity index (χ0v) is 19.0. The van der Waals surface area contributed by atoms with Crippen molar-refractivity contribution in [2.24, 2.45) is 0 Å². The Kier molecular flexibility index (Phi) is 5.85. The van der Waals surface area contributed by atoms with Gasteiger partial charge in [0.05, 0.1) is 17.0 Å². The molecule has 0 saturated heterocycles. The molecule has 3 N–H and O–H groups in total. The summed E-state index contributed by atoms with van der Waals surface area (Å²) in [6, 6.07) is 1.76. The first-order valence-corrected chi connectivity index (χ1v) is 10.5. The molecule has 0 spiro atoms. The SMILES string of the molecule is Cc1n[nH]c(Cl)c1NC(=O)c1cc(F)c(-c2cn3c(n2)[C@@](C)(O)CC3)cc1O[C@@H](C)C(F)(F)F. The van der Waals surface area contributed by atoms with Gasteiger partial charge in [0.1, 0.15) is 33.8 Å². The number of H-pyrrole nitrogens is 1. The van der Waals surface area contributed by atoms with Crippen molar-refractivity contribution in [2.75, 3.05) is 5.32 Å². The van der Waals surface area contributed by atoms with E-state index in [2.05, 4.69) is 20.5 Å². The Hall–Kier alpha value is -3.12. The zero-order valence-electron chi connectivity index (χ0n) is 18.2. The predicted molar refractivity (Wildman–Crippen MR) is 114 cm³/mol. The molecule has 182 valence electrons. The first-order chi connectivity index (χ1) is 15.8. The maximum absolute atomic E-state index is 15.1. The van der Waals surface area contributed by atoms with E-state index in [1.54, 1.807) is 11.5 Å². The summed E-state index contributed by atoms with van der Waals surface area (Å²) < 4.78 is 61.4. The highest BCUT2D eigenvalue weighted by Crippen LogP contribution is 2.37. The Morgan fingerprint density at radius 2 is 2.12 bits per heavy atom. The fraction of sp³-hybridized carbons (Fsp3) is 0.381. The second-order valence-electron chi connectivity index (χ2n) is 8.25. The van der Waals surface area contributed by atoms with Crippen molar-refractivity contribution in [3.63, 3.8) is 0 Å². The Morgan fingerprint density at radius 1 is 1.41 bits per heavy atom.